The summed E-state index contributed by atoms with van der Waals surface area (Å²) in [5.41, 5.74) is 6.23. The molecule has 0 bridgehead atoms. The molecule has 4 rings (SSSR count). The van der Waals surface area contributed by atoms with Gasteiger partial charge in [-0.05, 0) is 49.6 Å². The molecule has 0 fully saturated rings. The van der Waals surface area contributed by atoms with Crippen molar-refractivity contribution >= 4 is 10.9 Å². The van der Waals surface area contributed by atoms with E-state index in [2.05, 4.69) is 26.0 Å². The van der Waals surface area contributed by atoms with Gasteiger partial charge in [-0.15, -0.1) is 0 Å². The molecule has 0 aliphatic heterocycles. The summed E-state index contributed by atoms with van der Waals surface area (Å²) in [6.07, 6.45) is 1.89. The molecule has 2 aromatic carbocycles. The Morgan fingerprint density at radius 3 is 2.18 bits per heavy atom. The number of rotatable bonds is 2. The first kappa shape index (κ1) is 18.0. The predicted molar refractivity (Wildman–Crippen MR) is 113 cm³/mol. The van der Waals surface area contributed by atoms with E-state index < -0.39 is 0 Å². The molecule has 5 nitrogen and oxygen atoms in total. The highest BCUT2D eigenvalue weighted by Gasteiger charge is 2.21. The quantitative estimate of drug-likeness (QED) is 0.539. The Bertz CT molecular complexity index is 1350. The van der Waals surface area contributed by atoms with Crippen molar-refractivity contribution in [3.63, 3.8) is 0 Å². The lowest BCUT2D eigenvalue weighted by molar-refractivity contribution is 0.714. The van der Waals surface area contributed by atoms with Crippen molar-refractivity contribution in [1.82, 2.24) is 13.7 Å². The summed E-state index contributed by atoms with van der Waals surface area (Å²) in [4.78, 5) is 25.6. The van der Waals surface area contributed by atoms with Crippen molar-refractivity contribution in [3.8, 4) is 16.9 Å². The molecule has 0 radical (unpaired) electrons. The molecule has 0 aliphatic rings. The maximum atomic E-state index is 13.1. The number of hydrogen-bond donors (Lipinski definition) is 0. The number of nitrogens with zero attached hydrogens (tertiary/aromatic N) is 3. The Morgan fingerprint density at radius 2 is 1.50 bits per heavy atom. The molecule has 0 amide bonds. The van der Waals surface area contributed by atoms with Gasteiger partial charge in [-0.25, -0.2) is 4.79 Å². The summed E-state index contributed by atoms with van der Waals surface area (Å²) < 4.78 is 4.74. The van der Waals surface area contributed by atoms with Crippen LogP contribution >= 0.6 is 0 Å². The van der Waals surface area contributed by atoms with Crippen LogP contribution in [0.1, 0.15) is 16.7 Å². The lowest BCUT2D eigenvalue weighted by atomic mass is 10.0. The van der Waals surface area contributed by atoms with Gasteiger partial charge in [-0.1, -0.05) is 30.3 Å². The Kier molecular flexibility index (Phi) is 4.11. The number of benzene rings is 2. The number of aryl methyl sites for hydroxylation is 4. The van der Waals surface area contributed by atoms with Crippen LogP contribution in [0.15, 0.2) is 58.3 Å². The molecule has 4 aromatic rings. The molecule has 0 saturated carbocycles. The topological polar surface area (TPSA) is 48.9 Å². The number of aromatic nitrogens is 3. The molecule has 0 atom stereocenters. The Hall–Kier alpha value is -3.34. The van der Waals surface area contributed by atoms with Gasteiger partial charge in [0.15, 0.2) is 0 Å². The van der Waals surface area contributed by atoms with E-state index >= 15 is 0 Å². The zero-order valence-electron chi connectivity index (χ0n) is 16.8. The van der Waals surface area contributed by atoms with E-state index in [9.17, 15) is 9.59 Å². The molecule has 2 heterocycles. The predicted octanol–water partition coefficient (Wildman–Crippen LogP) is 3.62. The largest absolute Gasteiger partial charge is 0.330 e. The zero-order chi connectivity index (χ0) is 20.2. The molecule has 0 saturated heterocycles. The molecule has 0 N–H and O–H groups in total. The smallest absolute Gasteiger partial charge is 0.314 e. The molecule has 0 spiro atoms. The van der Waals surface area contributed by atoms with Gasteiger partial charge >= 0.3 is 5.69 Å². The second-order valence-electron chi connectivity index (χ2n) is 7.40. The minimum atomic E-state index is -0.328. The highest BCUT2D eigenvalue weighted by molar-refractivity contribution is 5.95. The van der Waals surface area contributed by atoms with Gasteiger partial charge in [0.05, 0.1) is 16.6 Å². The lowest BCUT2D eigenvalue weighted by Crippen LogP contribution is -2.36. The first-order valence-electron chi connectivity index (χ1n) is 9.26. The van der Waals surface area contributed by atoms with E-state index in [0.717, 1.165) is 22.5 Å². The van der Waals surface area contributed by atoms with Gasteiger partial charge in [0.1, 0.15) is 0 Å². The fraction of sp³-hybridized carbons (Fsp3) is 0.217. The molecule has 2 aromatic heterocycles. The molecular weight excluding hydrogens is 350 g/mol. The zero-order valence-corrected chi connectivity index (χ0v) is 16.8. The van der Waals surface area contributed by atoms with Crippen molar-refractivity contribution in [2.75, 3.05) is 0 Å². The molecule has 142 valence electrons. The Balaban J connectivity index is 2.23. The van der Waals surface area contributed by atoms with Gasteiger partial charge < -0.3 is 4.57 Å². The van der Waals surface area contributed by atoms with E-state index in [1.54, 1.807) is 7.05 Å². The van der Waals surface area contributed by atoms with Crippen molar-refractivity contribution in [3.05, 3.63) is 86.2 Å². The summed E-state index contributed by atoms with van der Waals surface area (Å²) in [7, 11) is 3.23. The molecular formula is C23H23N3O2. The monoisotopic (exact) mass is 373 g/mol. The van der Waals surface area contributed by atoms with E-state index in [0.29, 0.717) is 10.9 Å². The van der Waals surface area contributed by atoms with Crippen molar-refractivity contribution < 1.29 is 0 Å². The maximum absolute atomic E-state index is 13.1. The summed E-state index contributed by atoms with van der Waals surface area (Å²) >= 11 is 0. The summed E-state index contributed by atoms with van der Waals surface area (Å²) in [5, 5.41) is 0.553. The fourth-order valence-electron chi connectivity index (χ4n) is 3.72. The van der Waals surface area contributed by atoms with Crippen LogP contribution in [0.25, 0.3) is 27.8 Å². The molecule has 28 heavy (non-hydrogen) atoms. The van der Waals surface area contributed by atoms with Gasteiger partial charge in [0.25, 0.3) is 5.56 Å². The second-order valence-corrected chi connectivity index (χ2v) is 7.40. The minimum Gasteiger partial charge on any atom is -0.314 e. The third kappa shape index (κ3) is 2.54. The van der Waals surface area contributed by atoms with Crippen LogP contribution in [0.3, 0.4) is 0 Å². The van der Waals surface area contributed by atoms with Crippen LogP contribution < -0.4 is 11.2 Å². The second kappa shape index (κ2) is 6.37. The minimum absolute atomic E-state index is 0.279. The van der Waals surface area contributed by atoms with Crippen LogP contribution in [0.4, 0.5) is 0 Å². The third-order valence-corrected chi connectivity index (χ3v) is 5.61. The first-order valence-corrected chi connectivity index (χ1v) is 9.26. The van der Waals surface area contributed by atoms with E-state index in [-0.39, 0.29) is 11.2 Å². The van der Waals surface area contributed by atoms with Crippen LogP contribution in [0.2, 0.25) is 0 Å². The number of fused-ring (bicyclic) bond motifs is 1. The van der Waals surface area contributed by atoms with Crippen molar-refractivity contribution in [2.24, 2.45) is 14.1 Å². The summed E-state index contributed by atoms with van der Waals surface area (Å²) in [5.74, 6) is 0. The molecule has 0 aliphatic carbocycles. The molecule has 5 heteroatoms. The maximum Gasteiger partial charge on any atom is 0.330 e. The average Bonchev–Trinajstić information content (AvgIpc) is 3.07. The first-order chi connectivity index (χ1) is 13.3. The Morgan fingerprint density at radius 1 is 0.786 bits per heavy atom. The highest BCUT2D eigenvalue weighted by atomic mass is 16.2. The third-order valence-electron chi connectivity index (χ3n) is 5.61. The summed E-state index contributed by atoms with van der Waals surface area (Å²) in [6.45, 7) is 6.18. The highest BCUT2D eigenvalue weighted by Crippen LogP contribution is 2.33. The average molecular weight is 373 g/mol. The van der Waals surface area contributed by atoms with Gasteiger partial charge in [0.2, 0.25) is 0 Å². The van der Waals surface area contributed by atoms with Crippen LogP contribution in [-0.2, 0) is 14.1 Å². The van der Waals surface area contributed by atoms with Gasteiger partial charge in [0, 0.05) is 31.5 Å². The van der Waals surface area contributed by atoms with Crippen molar-refractivity contribution in [1.29, 1.82) is 0 Å². The SMILES string of the molecule is Cc1ccc(-n2cc3c(c2-c2ccccc2C)c(=O)n(C)c(=O)n3C)cc1C. The van der Waals surface area contributed by atoms with E-state index in [1.165, 1.54) is 27.3 Å². The lowest BCUT2D eigenvalue weighted by Gasteiger charge is -2.13. The van der Waals surface area contributed by atoms with E-state index in [4.69, 9.17) is 0 Å². The van der Waals surface area contributed by atoms with E-state index in [1.807, 2.05) is 48.0 Å². The normalized spacial score (nSPS) is 11.3. The molecule has 0 unspecified atom stereocenters. The fourth-order valence-corrected chi connectivity index (χ4v) is 3.72. The van der Waals surface area contributed by atoms with Crippen LogP contribution in [-0.4, -0.2) is 13.7 Å². The van der Waals surface area contributed by atoms with Crippen LogP contribution in [0.5, 0.6) is 0 Å². The Labute approximate surface area is 163 Å². The van der Waals surface area contributed by atoms with Crippen molar-refractivity contribution in [2.45, 2.75) is 20.8 Å². The van der Waals surface area contributed by atoms with Gasteiger partial charge in [-0.2, -0.15) is 0 Å². The van der Waals surface area contributed by atoms with Crippen LogP contribution in [0, 0.1) is 20.8 Å². The van der Waals surface area contributed by atoms with Gasteiger partial charge in [-0.3, -0.25) is 13.9 Å². The number of hydrogen-bond acceptors (Lipinski definition) is 2. The standard InChI is InChI=1S/C23H23N3O2/c1-14-10-11-17(12-16(14)3)26-13-19-20(22(27)25(5)23(28)24(19)4)21(26)18-9-7-6-8-15(18)2/h6-13H,1-5H3. The summed E-state index contributed by atoms with van der Waals surface area (Å²) in [6, 6.07) is 14.2.